The van der Waals surface area contributed by atoms with Crippen LogP contribution in [0.15, 0.2) is 48.8 Å². The van der Waals surface area contributed by atoms with Crippen molar-refractivity contribution in [1.29, 1.82) is 0 Å². The third kappa shape index (κ3) is 5.92. The molecule has 0 bridgehead atoms. The molecule has 0 fully saturated rings. The summed E-state index contributed by atoms with van der Waals surface area (Å²) >= 11 is 0. The number of nitrogens with one attached hydrogen (secondary N) is 1. The van der Waals surface area contributed by atoms with Crippen LogP contribution in [0.3, 0.4) is 0 Å². The number of pyridine rings is 1. The molecule has 0 aliphatic heterocycles. The average molecular weight is 301 g/mol. The lowest BCUT2D eigenvalue weighted by Crippen LogP contribution is -2.12. The highest BCUT2D eigenvalue weighted by atomic mass is 35.5. The Morgan fingerprint density at radius 2 is 1.42 bits per heavy atom. The fourth-order valence-electron chi connectivity index (χ4n) is 1.60. The molecule has 1 N–H and O–H groups in total. The molecule has 1 heterocycles. The van der Waals surface area contributed by atoms with E-state index in [1.165, 1.54) is 11.1 Å². The van der Waals surface area contributed by atoms with Gasteiger partial charge in [-0.15, -0.1) is 24.8 Å². The summed E-state index contributed by atoms with van der Waals surface area (Å²) in [6.07, 6.45) is 3.62. The summed E-state index contributed by atoms with van der Waals surface area (Å²) in [7, 11) is 1.68. The first-order valence-electron chi connectivity index (χ1n) is 5.61. The third-order valence-corrected chi connectivity index (χ3v) is 2.57. The van der Waals surface area contributed by atoms with E-state index in [1.807, 2.05) is 36.7 Å². The molecule has 0 radical (unpaired) electrons. The molecule has 0 saturated heterocycles. The second-order valence-corrected chi connectivity index (χ2v) is 3.81. The SMILES string of the molecule is COc1ccc(CNCc2ccncc2)cc1.Cl.Cl. The molecular formula is C14H18Cl2N2O. The van der Waals surface area contributed by atoms with Gasteiger partial charge >= 0.3 is 0 Å². The van der Waals surface area contributed by atoms with E-state index >= 15 is 0 Å². The van der Waals surface area contributed by atoms with Crippen LogP contribution in [-0.2, 0) is 13.1 Å². The summed E-state index contributed by atoms with van der Waals surface area (Å²) < 4.78 is 5.12. The molecule has 2 aromatic rings. The van der Waals surface area contributed by atoms with Crippen LogP contribution in [0.4, 0.5) is 0 Å². The van der Waals surface area contributed by atoms with Crippen LogP contribution >= 0.6 is 24.8 Å². The first-order chi connectivity index (χ1) is 8.38. The molecular weight excluding hydrogens is 283 g/mol. The topological polar surface area (TPSA) is 34.1 Å². The van der Waals surface area contributed by atoms with E-state index in [0.29, 0.717) is 0 Å². The monoisotopic (exact) mass is 300 g/mol. The zero-order valence-corrected chi connectivity index (χ0v) is 12.3. The molecule has 0 aliphatic carbocycles. The molecule has 0 unspecified atom stereocenters. The quantitative estimate of drug-likeness (QED) is 0.920. The van der Waals surface area contributed by atoms with Gasteiger partial charge in [-0.05, 0) is 35.4 Å². The van der Waals surface area contributed by atoms with Crippen molar-refractivity contribution < 1.29 is 4.74 Å². The van der Waals surface area contributed by atoms with E-state index in [9.17, 15) is 0 Å². The average Bonchev–Trinajstić information content (AvgIpc) is 2.41. The molecule has 0 aliphatic rings. The summed E-state index contributed by atoms with van der Waals surface area (Å²) in [5, 5.41) is 3.39. The Bertz CT molecular complexity index is 449. The van der Waals surface area contributed by atoms with Crippen LogP contribution in [-0.4, -0.2) is 12.1 Å². The van der Waals surface area contributed by atoms with Gasteiger partial charge in [-0.3, -0.25) is 4.98 Å². The van der Waals surface area contributed by atoms with E-state index in [4.69, 9.17) is 4.74 Å². The fourth-order valence-corrected chi connectivity index (χ4v) is 1.60. The zero-order chi connectivity index (χ0) is 11.9. The van der Waals surface area contributed by atoms with Gasteiger partial charge in [0.05, 0.1) is 7.11 Å². The normalized spacial score (nSPS) is 9.11. The molecule has 2 rings (SSSR count). The van der Waals surface area contributed by atoms with Crippen LogP contribution in [0.1, 0.15) is 11.1 Å². The van der Waals surface area contributed by atoms with Gasteiger partial charge in [0, 0.05) is 25.5 Å². The second kappa shape index (κ2) is 9.62. The molecule has 1 aromatic carbocycles. The predicted octanol–water partition coefficient (Wildman–Crippen LogP) is 3.22. The Hall–Kier alpha value is -1.29. The molecule has 104 valence electrons. The molecule has 0 saturated carbocycles. The largest absolute Gasteiger partial charge is 0.497 e. The maximum atomic E-state index is 5.12. The van der Waals surface area contributed by atoms with E-state index in [-0.39, 0.29) is 24.8 Å². The Morgan fingerprint density at radius 3 is 1.95 bits per heavy atom. The first-order valence-corrected chi connectivity index (χ1v) is 5.61. The minimum absolute atomic E-state index is 0. The molecule has 19 heavy (non-hydrogen) atoms. The number of hydrogen-bond donors (Lipinski definition) is 1. The molecule has 0 spiro atoms. The van der Waals surface area contributed by atoms with Crippen molar-refractivity contribution >= 4 is 24.8 Å². The van der Waals surface area contributed by atoms with E-state index < -0.39 is 0 Å². The number of benzene rings is 1. The second-order valence-electron chi connectivity index (χ2n) is 3.81. The Labute approximate surface area is 126 Å². The Kier molecular flexibility index (Phi) is 8.96. The van der Waals surface area contributed by atoms with Gasteiger partial charge < -0.3 is 10.1 Å². The lowest BCUT2D eigenvalue weighted by molar-refractivity contribution is 0.414. The summed E-state index contributed by atoms with van der Waals surface area (Å²) in [4.78, 5) is 3.99. The highest BCUT2D eigenvalue weighted by molar-refractivity contribution is 5.85. The van der Waals surface area contributed by atoms with Crippen molar-refractivity contribution in [3.8, 4) is 5.75 Å². The molecule has 0 amide bonds. The zero-order valence-electron chi connectivity index (χ0n) is 10.7. The number of ether oxygens (including phenoxy) is 1. The highest BCUT2D eigenvalue weighted by Gasteiger charge is 1.95. The predicted molar refractivity (Wildman–Crippen MR) is 82.3 cm³/mol. The molecule has 5 heteroatoms. The lowest BCUT2D eigenvalue weighted by Gasteiger charge is -2.06. The summed E-state index contributed by atoms with van der Waals surface area (Å²) in [6, 6.07) is 12.1. The van der Waals surface area contributed by atoms with Crippen molar-refractivity contribution in [2.45, 2.75) is 13.1 Å². The standard InChI is InChI=1S/C14H16N2O.2ClH/c1-17-14-4-2-12(3-5-14)10-16-11-13-6-8-15-9-7-13;;/h2-9,16H,10-11H2,1H3;2*1H. The van der Waals surface area contributed by atoms with Crippen molar-refractivity contribution in [2.24, 2.45) is 0 Å². The van der Waals surface area contributed by atoms with Crippen LogP contribution in [0.5, 0.6) is 5.75 Å². The number of halogens is 2. The van der Waals surface area contributed by atoms with Gasteiger partial charge in [0.25, 0.3) is 0 Å². The van der Waals surface area contributed by atoms with Crippen LogP contribution < -0.4 is 10.1 Å². The van der Waals surface area contributed by atoms with Crippen molar-refractivity contribution in [1.82, 2.24) is 10.3 Å². The number of aromatic nitrogens is 1. The maximum absolute atomic E-state index is 5.12. The van der Waals surface area contributed by atoms with Gasteiger partial charge in [0.2, 0.25) is 0 Å². The van der Waals surface area contributed by atoms with Crippen LogP contribution in [0.2, 0.25) is 0 Å². The first kappa shape index (κ1) is 17.7. The molecule has 0 atom stereocenters. The minimum Gasteiger partial charge on any atom is -0.497 e. The van der Waals surface area contributed by atoms with Crippen molar-refractivity contribution in [3.05, 3.63) is 59.9 Å². The minimum atomic E-state index is 0. The van der Waals surface area contributed by atoms with E-state index in [0.717, 1.165) is 18.8 Å². The van der Waals surface area contributed by atoms with Gasteiger partial charge in [0.1, 0.15) is 5.75 Å². The van der Waals surface area contributed by atoms with Crippen LogP contribution in [0, 0.1) is 0 Å². The Balaban J connectivity index is 0.00000162. The van der Waals surface area contributed by atoms with Gasteiger partial charge in [-0.1, -0.05) is 12.1 Å². The highest BCUT2D eigenvalue weighted by Crippen LogP contribution is 2.11. The number of rotatable bonds is 5. The molecule has 1 aromatic heterocycles. The molecule has 3 nitrogen and oxygen atoms in total. The van der Waals surface area contributed by atoms with Gasteiger partial charge in [0.15, 0.2) is 0 Å². The summed E-state index contributed by atoms with van der Waals surface area (Å²) in [6.45, 7) is 1.71. The van der Waals surface area contributed by atoms with Crippen molar-refractivity contribution in [2.75, 3.05) is 7.11 Å². The summed E-state index contributed by atoms with van der Waals surface area (Å²) in [5.41, 5.74) is 2.49. The number of nitrogens with zero attached hydrogens (tertiary/aromatic N) is 1. The fraction of sp³-hybridized carbons (Fsp3) is 0.214. The van der Waals surface area contributed by atoms with Gasteiger partial charge in [-0.25, -0.2) is 0 Å². The number of methoxy groups -OCH3 is 1. The van der Waals surface area contributed by atoms with E-state index in [2.05, 4.69) is 22.4 Å². The smallest absolute Gasteiger partial charge is 0.118 e. The summed E-state index contributed by atoms with van der Waals surface area (Å²) in [5.74, 6) is 0.892. The lowest BCUT2D eigenvalue weighted by atomic mass is 10.2. The Morgan fingerprint density at radius 1 is 0.895 bits per heavy atom. The van der Waals surface area contributed by atoms with Gasteiger partial charge in [-0.2, -0.15) is 0 Å². The van der Waals surface area contributed by atoms with Crippen molar-refractivity contribution in [3.63, 3.8) is 0 Å². The maximum Gasteiger partial charge on any atom is 0.118 e. The third-order valence-electron chi connectivity index (χ3n) is 2.57. The van der Waals surface area contributed by atoms with E-state index in [1.54, 1.807) is 7.11 Å². The van der Waals surface area contributed by atoms with Crippen LogP contribution in [0.25, 0.3) is 0 Å². The number of hydrogen-bond acceptors (Lipinski definition) is 3.